The first-order chi connectivity index (χ1) is 7.00. The molecule has 3 heteroatoms. The van der Waals surface area contributed by atoms with Crippen molar-refractivity contribution in [1.29, 1.82) is 0 Å². The van der Waals surface area contributed by atoms with Crippen molar-refractivity contribution < 1.29 is 9.90 Å². The van der Waals surface area contributed by atoms with E-state index < -0.39 is 5.97 Å². The molecule has 1 aliphatic rings. The SMILES string of the molecule is CC1CCN(C(CC(=O)O)C(C)C)CC1. The van der Waals surface area contributed by atoms with Crippen molar-refractivity contribution in [3.8, 4) is 0 Å². The van der Waals surface area contributed by atoms with Crippen LogP contribution in [-0.4, -0.2) is 35.1 Å². The Balaban J connectivity index is 2.52. The Morgan fingerprint density at radius 2 is 1.93 bits per heavy atom. The third-order valence-electron chi connectivity index (χ3n) is 3.44. The fourth-order valence-corrected chi connectivity index (χ4v) is 2.33. The van der Waals surface area contributed by atoms with Gasteiger partial charge in [0.25, 0.3) is 0 Å². The van der Waals surface area contributed by atoms with Gasteiger partial charge in [0.05, 0.1) is 6.42 Å². The van der Waals surface area contributed by atoms with Gasteiger partial charge in [-0.05, 0) is 37.8 Å². The maximum absolute atomic E-state index is 10.8. The van der Waals surface area contributed by atoms with Gasteiger partial charge < -0.3 is 5.11 Å². The second kappa shape index (κ2) is 5.50. The summed E-state index contributed by atoms with van der Waals surface area (Å²) in [6.45, 7) is 8.64. The molecule has 0 bridgehead atoms. The molecule has 88 valence electrons. The van der Waals surface area contributed by atoms with Crippen molar-refractivity contribution in [2.45, 2.75) is 46.1 Å². The summed E-state index contributed by atoms with van der Waals surface area (Å²) in [6.07, 6.45) is 2.71. The molecule has 1 fully saturated rings. The van der Waals surface area contributed by atoms with Crippen molar-refractivity contribution in [3.05, 3.63) is 0 Å². The summed E-state index contributed by atoms with van der Waals surface area (Å²) in [5, 5.41) is 8.89. The number of carboxylic acids is 1. The van der Waals surface area contributed by atoms with E-state index in [2.05, 4.69) is 25.7 Å². The highest BCUT2D eigenvalue weighted by Gasteiger charge is 2.27. The van der Waals surface area contributed by atoms with Crippen molar-refractivity contribution in [2.24, 2.45) is 11.8 Å². The first-order valence-electron chi connectivity index (χ1n) is 5.96. The molecule has 1 aliphatic heterocycles. The van der Waals surface area contributed by atoms with Crippen LogP contribution in [0.25, 0.3) is 0 Å². The molecule has 1 heterocycles. The molecule has 3 nitrogen and oxygen atoms in total. The molecule has 0 aromatic carbocycles. The van der Waals surface area contributed by atoms with E-state index in [1.54, 1.807) is 0 Å². The molecular weight excluding hydrogens is 190 g/mol. The lowest BCUT2D eigenvalue weighted by molar-refractivity contribution is -0.139. The Labute approximate surface area is 92.5 Å². The van der Waals surface area contributed by atoms with E-state index in [1.807, 2.05) is 0 Å². The van der Waals surface area contributed by atoms with Crippen molar-refractivity contribution in [3.63, 3.8) is 0 Å². The monoisotopic (exact) mass is 213 g/mol. The van der Waals surface area contributed by atoms with Crippen molar-refractivity contribution >= 4 is 5.97 Å². The lowest BCUT2D eigenvalue weighted by atomic mass is 9.93. The molecule has 0 amide bonds. The quantitative estimate of drug-likeness (QED) is 0.778. The fourth-order valence-electron chi connectivity index (χ4n) is 2.33. The number of rotatable bonds is 4. The van der Waals surface area contributed by atoms with Crippen LogP contribution in [-0.2, 0) is 4.79 Å². The molecule has 1 N–H and O–H groups in total. The highest BCUT2D eigenvalue weighted by Crippen LogP contribution is 2.22. The largest absolute Gasteiger partial charge is 0.481 e. The molecule has 0 radical (unpaired) electrons. The van der Waals surface area contributed by atoms with Gasteiger partial charge in [0.1, 0.15) is 0 Å². The Kier molecular flexibility index (Phi) is 4.58. The van der Waals surface area contributed by atoms with E-state index in [0.717, 1.165) is 19.0 Å². The van der Waals surface area contributed by atoms with Gasteiger partial charge in [-0.25, -0.2) is 0 Å². The topological polar surface area (TPSA) is 40.5 Å². The molecule has 0 aromatic heterocycles. The van der Waals surface area contributed by atoms with Crippen LogP contribution in [0.3, 0.4) is 0 Å². The summed E-state index contributed by atoms with van der Waals surface area (Å²) in [5.41, 5.74) is 0. The van der Waals surface area contributed by atoms with E-state index in [1.165, 1.54) is 12.8 Å². The number of likely N-dealkylation sites (tertiary alicyclic amines) is 1. The summed E-state index contributed by atoms with van der Waals surface area (Å²) < 4.78 is 0. The molecule has 1 atom stereocenters. The number of hydrogen-bond donors (Lipinski definition) is 1. The van der Waals surface area contributed by atoms with Crippen LogP contribution in [0.15, 0.2) is 0 Å². The summed E-state index contributed by atoms with van der Waals surface area (Å²) in [6, 6.07) is 0.218. The summed E-state index contributed by atoms with van der Waals surface area (Å²) >= 11 is 0. The predicted octanol–water partition coefficient (Wildman–Crippen LogP) is 2.22. The predicted molar refractivity (Wildman–Crippen MR) is 60.8 cm³/mol. The second-order valence-corrected chi connectivity index (χ2v) is 5.13. The highest BCUT2D eigenvalue weighted by atomic mass is 16.4. The zero-order chi connectivity index (χ0) is 11.4. The zero-order valence-corrected chi connectivity index (χ0v) is 10.1. The van der Waals surface area contributed by atoms with Gasteiger partial charge in [-0.1, -0.05) is 20.8 Å². The maximum Gasteiger partial charge on any atom is 0.304 e. The lowest BCUT2D eigenvalue weighted by Crippen LogP contribution is -2.44. The average Bonchev–Trinajstić information content (AvgIpc) is 2.15. The number of piperidine rings is 1. The van der Waals surface area contributed by atoms with Gasteiger partial charge in [-0.3, -0.25) is 9.69 Å². The first kappa shape index (κ1) is 12.5. The number of aliphatic carboxylic acids is 1. The van der Waals surface area contributed by atoms with E-state index >= 15 is 0 Å². The molecule has 15 heavy (non-hydrogen) atoms. The van der Waals surface area contributed by atoms with Gasteiger partial charge in [-0.2, -0.15) is 0 Å². The number of nitrogens with zero attached hydrogens (tertiary/aromatic N) is 1. The smallest absolute Gasteiger partial charge is 0.304 e. The Bertz CT molecular complexity index is 208. The molecule has 0 saturated carbocycles. The standard InChI is InChI=1S/C12H23NO2/c1-9(2)11(8-12(14)15)13-6-4-10(3)5-7-13/h9-11H,4-8H2,1-3H3,(H,14,15). The molecular formula is C12H23NO2. The van der Waals surface area contributed by atoms with Crippen molar-refractivity contribution in [2.75, 3.05) is 13.1 Å². The molecule has 1 unspecified atom stereocenters. The van der Waals surface area contributed by atoms with Crippen LogP contribution in [0.1, 0.15) is 40.0 Å². The van der Waals surface area contributed by atoms with Crippen molar-refractivity contribution in [1.82, 2.24) is 4.90 Å². The van der Waals surface area contributed by atoms with Crippen LogP contribution < -0.4 is 0 Å². The minimum absolute atomic E-state index is 0.218. The molecule has 0 spiro atoms. The van der Waals surface area contributed by atoms with Gasteiger partial charge in [-0.15, -0.1) is 0 Å². The number of hydrogen-bond acceptors (Lipinski definition) is 2. The molecule has 0 aromatic rings. The molecule has 0 aliphatic carbocycles. The van der Waals surface area contributed by atoms with Crippen LogP contribution >= 0.6 is 0 Å². The minimum Gasteiger partial charge on any atom is -0.481 e. The first-order valence-corrected chi connectivity index (χ1v) is 5.96. The maximum atomic E-state index is 10.8. The summed E-state index contributed by atoms with van der Waals surface area (Å²) in [4.78, 5) is 13.2. The van der Waals surface area contributed by atoms with E-state index in [-0.39, 0.29) is 12.5 Å². The number of carboxylic acid groups (broad SMARTS) is 1. The Morgan fingerprint density at radius 3 is 2.33 bits per heavy atom. The van der Waals surface area contributed by atoms with Crippen LogP contribution in [0.5, 0.6) is 0 Å². The van der Waals surface area contributed by atoms with Crippen LogP contribution in [0.4, 0.5) is 0 Å². The van der Waals surface area contributed by atoms with E-state index in [9.17, 15) is 4.79 Å². The second-order valence-electron chi connectivity index (χ2n) is 5.13. The van der Waals surface area contributed by atoms with Gasteiger partial charge >= 0.3 is 5.97 Å². The Morgan fingerprint density at radius 1 is 1.40 bits per heavy atom. The van der Waals surface area contributed by atoms with Gasteiger partial charge in [0.15, 0.2) is 0 Å². The highest BCUT2D eigenvalue weighted by molar-refractivity contribution is 5.67. The minimum atomic E-state index is -0.674. The van der Waals surface area contributed by atoms with E-state index in [4.69, 9.17) is 5.11 Å². The van der Waals surface area contributed by atoms with E-state index in [0.29, 0.717) is 5.92 Å². The average molecular weight is 213 g/mol. The third kappa shape index (κ3) is 3.82. The summed E-state index contributed by atoms with van der Waals surface area (Å²) in [7, 11) is 0. The third-order valence-corrected chi connectivity index (χ3v) is 3.44. The molecule has 1 saturated heterocycles. The van der Waals surface area contributed by atoms with Crippen LogP contribution in [0.2, 0.25) is 0 Å². The van der Waals surface area contributed by atoms with Crippen LogP contribution in [0, 0.1) is 11.8 Å². The van der Waals surface area contributed by atoms with Gasteiger partial charge in [0.2, 0.25) is 0 Å². The molecule has 1 rings (SSSR count). The Hall–Kier alpha value is -0.570. The number of carbonyl (C=O) groups is 1. The normalized spacial score (nSPS) is 21.9. The zero-order valence-electron chi connectivity index (χ0n) is 10.1. The fraction of sp³-hybridized carbons (Fsp3) is 0.917. The van der Waals surface area contributed by atoms with Gasteiger partial charge in [0, 0.05) is 6.04 Å². The lowest BCUT2D eigenvalue weighted by Gasteiger charge is -2.38. The summed E-state index contributed by atoms with van der Waals surface area (Å²) in [5.74, 6) is 0.556.